The average molecular weight is 326 g/mol. The molecule has 0 amide bonds. The molecule has 128 valence electrons. The highest BCUT2D eigenvalue weighted by atomic mass is 16.4. The maximum atomic E-state index is 11.3. The van der Waals surface area contributed by atoms with Gasteiger partial charge in [0.05, 0.1) is 5.69 Å². The fourth-order valence-corrected chi connectivity index (χ4v) is 2.74. The molecule has 0 spiro atoms. The fraction of sp³-hybridized carbons (Fsp3) is 0.450. The smallest absolute Gasteiger partial charge is 0.373 e. The molecule has 2 rings (SSSR count). The number of carbonyl (C=O) groups is 1. The predicted octanol–water partition coefficient (Wildman–Crippen LogP) is 4.77. The van der Waals surface area contributed by atoms with Gasteiger partial charge in [-0.15, -0.1) is 0 Å². The van der Waals surface area contributed by atoms with Gasteiger partial charge in [-0.1, -0.05) is 57.9 Å². The Hall–Kier alpha value is -2.23. The zero-order valence-electron chi connectivity index (χ0n) is 14.7. The van der Waals surface area contributed by atoms with Crippen molar-refractivity contribution in [2.45, 2.75) is 52.9 Å². The first kappa shape index (κ1) is 18.1. The van der Waals surface area contributed by atoms with Gasteiger partial charge in [-0.2, -0.15) is 0 Å². The van der Waals surface area contributed by atoms with Crippen LogP contribution < -0.4 is 0 Å². The molecule has 2 aromatic rings. The van der Waals surface area contributed by atoms with Crippen molar-refractivity contribution in [3.05, 3.63) is 47.4 Å². The highest BCUT2D eigenvalue weighted by molar-refractivity contribution is 5.84. The van der Waals surface area contributed by atoms with Crippen molar-refractivity contribution < 1.29 is 9.90 Å². The van der Waals surface area contributed by atoms with Crippen molar-refractivity contribution in [3.8, 4) is 11.3 Å². The summed E-state index contributed by atoms with van der Waals surface area (Å²) in [7, 11) is 0. The van der Waals surface area contributed by atoms with E-state index < -0.39 is 5.97 Å². The summed E-state index contributed by atoms with van der Waals surface area (Å²) in [6.07, 6.45) is 6.74. The van der Waals surface area contributed by atoms with Crippen LogP contribution in [-0.4, -0.2) is 21.0 Å². The summed E-state index contributed by atoms with van der Waals surface area (Å²) in [5, 5.41) is 9.25. The predicted molar refractivity (Wildman–Crippen MR) is 96.2 cm³/mol. The van der Waals surface area contributed by atoms with Crippen LogP contribution in [0.5, 0.6) is 0 Å². The van der Waals surface area contributed by atoms with Gasteiger partial charge in [-0.05, 0) is 36.3 Å². The first-order valence-corrected chi connectivity index (χ1v) is 8.74. The van der Waals surface area contributed by atoms with Gasteiger partial charge in [0.25, 0.3) is 0 Å². The molecular formula is C20H26N2O2. The SMILES string of the molecule is CCCCc1cnc(C(=O)O)nc1-c1ccccc1C[C@@H](C)CC. The quantitative estimate of drug-likeness (QED) is 0.758. The Bertz CT molecular complexity index is 698. The minimum Gasteiger partial charge on any atom is -0.475 e. The number of aromatic nitrogens is 2. The number of aromatic carboxylic acids is 1. The van der Waals surface area contributed by atoms with Gasteiger partial charge < -0.3 is 5.11 Å². The molecular weight excluding hydrogens is 300 g/mol. The third-order valence-electron chi connectivity index (χ3n) is 4.39. The zero-order chi connectivity index (χ0) is 17.5. The first-order valence-electron chi connectivity index (χ1n) is 8.74. The Labute approximate surface area is 144 Å². The average Bonchev–Trinajstić information content (AvgIpc) is 2.60. The Balaban J connectivity index is 2.52. The molecule has 0 fully saturated rings. The van der Waals surface area contributed by atoms with Gasteiger partial charge >= 0.3 is 5.97 Å². The van der Waals surface area contributed by atoms with Crippen molar-refractivity contribution >= 4 is 5.97 Å². The molecule has 1 N–H and O–H groups in total. The van der Waals surface area contributed by atoms with Gasteiger partial charge in [0.1, 0.15) is 0 Å². The summed E-state index contributed by atoms with van der Waals surface area (Å²) < 4.78 is 0. The molecule has 0 aliphatic carbocycles. The Morgan fingerprint density at radius 1 is 1.21 bits per heavy atom. The lowest BCUT2D eigenvalue weighted by Gasteiger charge is -2.15. The van der Waals surface area contributed by atoms with Crippen LogP contribution in [0.15, 0.2) is 30.5 Å². The van der Waals surface area contributed by atoms with Crippen LogP contribution in [0.3, 0.4) is 0 Å². The molecule has 0 aliphatic rings. The number of nitrogens with zero attached hydrogens (tertiary/aromatic N) is 2. The van der Waals surface area contributed by atoms with Crippen LogP contribution in [0.25, 0.3) is 11.3 Å². The third kappa shape index (κ3) is 4.40. The Morgan fingerprint density at radius 3 is 2.62 bits per heavy atom. The van der Waals surface area contributed by atoms with Crippen LogP contribution >= 0.6 is 0 Å². The van der Waals surface area contributed by atoms with Crippen LogP contribution in [-0.2, 0) is 12.8 Å². The van der Waals surface area contributed by atoms with Gasteiger partial charge in [0.15, 0.2) is 0 Å². The molecule has 0 saturated heterocycles. The minimum atomic E-state index is -1.09. The highest BCUT2D eigenvalue weighted by Crippen LogP contribution is 2.28. The zero-order valence-corrected chi connectivity index (χ0v) is 14.7. The number of hydrogen-bond donors (Lipinski definition) is 1. The van der Waals surface area contributed by atoms with Gasteiger partial charge in [0.2, 0.25) is 5.82 Å². The number of hydrogen-bond acceptors (Lipinski definition) is 3. The summed E-state index contributed by atoms with van der Waals surface area (Å²) in [4.78, 5) is 19.7. The van der Waals surface area contributed by atoms with E-state index in [0.29, 0.717) is 5.92 Å². The molecule has 0 bridgehead atoms. The monoisotopic (exact) mass is 326 g/mol. The Kier molecular flexibility index (Phi) is 6.47. The standard InChI is InChI=1S/C20H26N2O2/c1-4-6-9-16-13-21-19(20(23)24)22-18(16)17-11-8-7-10-15(17)12-14(3)5-2/h7-8,10-11,13-14H,4-6,9,12H2,1-3H3,(H,23,24)/t14-/m0/s1. The van der Waals surface area contributed by atoms with E-state index in [1.807, 2.05) is 18.2 Å². The molecule has 24 heavy (non-hydrogen) atoms. The van der Waals surface area contributed by atoms with Crippen molar-refractivity contribution in [2.75, 3.05) is 0 Å². The van der Waals surface area contributed by atoms with Gasteiger partial charge in [-0.3, -0.25) is 0 Å². The molecule has 1 aromatic carbocycles. The largest absolute Gasteiger partial charge is 0.475 e. The molecule has 0 unspecified atom stereocenters. The van der Waals surface area contributed by atoms with Crippen LogP contribution in [0.4, 0.5) is 0 Å². The number of benzene rings is 1. The van der Waals surface area contributed by atoms with Crippen molar-refractivity contribution in [3.63, 3.8) is 0 Å². The summed E-state index contributed by atoms with van der Waals surface area (Å²) in [6.45, 7) is 6.56. The molecule has 4 nitrogen and oxygen atoms in total. The molecule has 4 heteroatoms. The number of carboxylic acid groups (broad SMARTS) is 1. The lowest BCUT2D eigenvalue weighted by Crippen LogP contribution is -2.09. The molecule has 0 radical (unpaired) electrons. The van der Waals surface area contributed by atoms with E-state index in [-0.39, 0.29) is 5.82 Å². The number of aryl methyl sites for hydroxylation is 1. The van der Waals surface area contributed by atoms with E-state index in [1.54, 1.807) is 6.20 Å². The maximum absolute atomic E-state index is 11.3. The number of rotatable bonds is 8. The third-order valence-corrected chi connectivity index (χ3v) is 4.39. The first-order chi connectivity index (χ1) is 11.6. The fourth-order valence-electron chi connectivity index (χ4n) is 2.74. The van der Waals surface area contributed by atoms with E-state index >= 15 is 0 Å². The lowest BCUT2D eigenvalue weighted by molar-refractivity contribution is 0.0683. The number of unbranched alkanes of at least 4 members (excludes halogenated alkanes) is 1. The summed E-state index contributed by atoms with van der Waals surface area (Å²) in [5.74, 6) is -0.646. The number of carboxylic acids is 1. The van der Waals surface area contributed by atoms with Gasteiger partial charge in [-0.25, -0.2) is 14.8 Å². The second-order valence-corrected chi connectivity index (χ2v) is 6.35. The topological polar surface area (TPSA) is 63.1 Å². The minimum absolute atomic E-state index is 0.136. The summed E-state index contributed by atoms with van der Waals surface area (Å²) in [6, 6.07) is 8.18. The lowest BCUT2D eigenvalue weighted by atomic mass is 9.92. The van der Waals surface area contributed by atoms with Crippen molar-refractivity contribution in [1.82, 2.24) is 9.97 Å². The molecule has 1 atom stereocenters. The van der Waals surface area contributed by atoms with E-state index in [4.69, 9.17) is 0 Å². The van der Waals surface area contributed by atoms with Crippen LogP contribution in [0.2, 0.25) is 0 Å². The van der Waals surface area contributed by atoms with Crippen molar-refractivity contribution in [2.24, 2.45) is 5.92 Å². The van der Waals surface area contributed by atoms with E-state index in [2.05, 4.69) is 36.8 Å². The molecule has 1 aromatic heterocycles. The van der Waals surface area contributed by atoms with Gasteiger partial charge in [0, 0.05) is 11.8 Å². The second kappa shape index (κ2) is 8.57. The highest BCUT2D eigenvalue weighted by Gasteiger charge is 2.16. The molecule has 0 aliphatic heterocycles. The molecule has 1 heterocycles. The molecule has 0 saturated carbocycles. The summed E-state index contributed by atoms with van der Waals surface area (Å²) in [5.41, 5.74) is 4.06. The maximum Gasteiger partial charge on any atom is 0.373 e. The Morgan fingerprint density at radius 2 is 1.96 bits per heavy atom. The normalized spacial score (nSPS) is 12.1. The van der Waals surface area contributed by atoms with E-state index in [1.165, 1.54) is 5.56 Å². The summed E-state index contributed by atoms with van der Waals surface area (Å²) >= 11 is 0. The van der Waals surface area contributed by atoms with E-state index in [0.717, 1.165) is 48.9 Å². The van der Waals surface area contributed by atoms with E-state index in [9.17, 15) is 9.90 Å². The second-order valence-electron chi connectivity index (χ2n) is 6.35. The van der Waals surface area contributed by atoms with Crippen LogP contribution in [0.1, 0.15) is 61.8 Å². The van der Waals surface area contributed by atoms with Crippen LogP contribution in [0, 0.1) is 5.92 Å². The van der Waals surface area contributed by atoms with Crippen molar-refractivity contribution in [1.29, 1.82) is 0 Å².